The van der Waals surface area contributed by atoms with E-state index in [1.54, 1.807) is 18.5 Å². The summed E-state index contributed by atoms with van der Waals surface area (Å²) < 4.78 is 1.47. The molecular weight excluding hydrogens is 336 g/mol. The minimum absolute atomic E-state index is 0.111. The van der Waals surface area contributed by atoms with E-state index in [0.29, 0.717) is 16.6 Å². The molecule has 1 N–H and O–H groups in total. The van der Waals surface area contributed by atoms with E-state index < -0.39 is 0 Å². The van der Waals surface area contributed by atoms with Gasteiger partial charge in [-0.25, -0.2) is 4.98 Å². The number of nitrogens with one attached hydrogen (secondary N) is 1. The van der Waals surface area contributed by atoms with Gasteiger partial charge >= 0.3 is 0 Å². The molecule has 132 valence electrons. The van der Waals surface area contributed by atoms with Crippen LogP contribution < -0.4 is 10.9 Å². The van der Waals surface area contributed by atoms with Crippen molar-refractivity contribution in [2.45, 2.75) is 32.2 Å². The van der Waals surface area contributed by atoms with Gasteiger partial charge in [0.25, 0.3) is 11.5 Å². The van der Waals surface area contributed by atoms with E-state index in [-0.39, 0.29) is 17.5 Å². The number of pyridine rings is 1. The fraction of sp³-hybridized carbons (Fsp3) is 0.500. The van der Waals surface area contributed by atoms with Crippen LogP contribution in [0.4, 0.5) is 0 Å². The third kappa shape index (κ3) is 3.26. The van der Waals surface area contributed by atoms with Crippen LogP contribution in [0.1, 0.15) is 35.0 Å². The van der Waals surface area contributed by atoms with Crippen molar-refractivity contribution in [3.8, 4) is 5.13 Å². The number of aryl methyl sites for hydroxylation is 1. The molecule has 1 atom stereocenters. The fourth-order valence-corrected chi connectivity index (χ4v) is 4.55. The number of piperidine rings is 3. The maximum atomic E-state index is 12.7. The molecule has 2 bridgehead atoms. The summed E-state index contributed by atoms with van der Waals surface area (Å²) in [5, 5.41) is 3.78. The zero-order valence-electron chi connectivity index (χ0n) is 14.3. The smallest absolute Gasteiger partial charge is 0.256 e. The van der Waals surface area contributed by atoms with E-state index >= 15 is 0 Å². The normalized spacial score (nSPS) is 25.1. The van der Waals surface area contributed by atoms with Gasteiger partial charge in [0.2, 0.25) is 0 Å². The first-order valence-corrected chi connectivity index (χ1v) is 9.66. The Bertz CT molecular complexity index is 836. The van der Waals surface area contributed by atoms with Crippen molar-refractivity contribution in [2.24, 2.45) is 5.92 Å². The summed E-state index contributed by atoms with van der Waals surface area (Å²) in [7, 11) is 0. The maximum Gasteiger partial charge on any atom is 0.256 e. The highest BCUT2D eigenvalue weighted by molar-refractivity contribution is 7.14. The van der Waals surface area contributed by atoms with Crippen molar-refractivity contribution in [1.29, 1.82) is 0 Å². The molecule has 3 aliphatic rings. The van der Waals surface area contributed by atoms with Crippen molar-refractivity contribution < 1.29 is 4.79 Å². The van der Waals surface area contributed by atoms with Crippen LogP contribution in [-0.2, 0) is 6.42 Å². The Morgan fingerprint density at radius 3 is 2.80 bits per heavy atom. The first-order valence-electron chi connectivity index (χ1n) is 8.85. The van der Waals surface area contributed by atoms with E-state index in [4.69, 9.17) is 0 Å². The number of rotatable bonds is 4. The van der Waals surface area contributed by atoms with Crippen molar-refractivity contribution >= 4 is 17.2 Å². The van der Waals surface area contributed by atoms with Gasteiger partial charge < -0.3 is 10.2 Å². The number of fused-ring (bicyclic) bond motifs is 3. The Kier molecular flexibility index (Phi) is 4.43. The minimum Gasteiger partial charge on any atom is -0.348 e. The molecule has 5 heterocycles. The van der Waals surface area contributed by atoms with Crippen LogP contribution in [0, 0.1) is 5.92 Å². The van der Waals surface area contributed by atoms with Gasteiger partial charge in [0.1, 0.15) is 0 Å². The molecule has 0 aromatic carbocycles. The molecule has 0 radical (unpaired) electrons. The van der Waals surface area contributed by atoms with Gasteiger partial charge in [-0.05, 0) is 44.3 Å². The second kappa shape index (κ2) is 6.72. The molecule has 1 amide bonds. The topological polar surface area (TPSA) is 67.2 Å². The van der Waals surface area contributed by atoms with Crippen LogP contribution in [0.3, 0.4) is 0 Å². The summed E-state index contributed by atoms with van der Waals surface area (Å²) in [5.41, 5.74) is 0.334. The van der Waals surface area contributed by atoms with Crippen LogP contribution in [0.5, 0.6) is 0 Å². The molecule has 3 fully saturated rings. The average molecular weight is 358 g/mol. The van der Waals surface area contributed by atoms with Gasteiger partial charge in [-0.15, -0.1) is 11.3 Å². The number of amides is 1. The molecule has 3 aliphatic heterocycles. The van der Waals surface area contributed by atoms with E-state index in [0.717, 1.165) is 43.8 Å². The monoisotopic (exact) mass is 358 g/mol. The lowest BCUT2D eigenvalue weighted by Crippen LogP contribution is -2.57. The minimum atomic E-state index is -0.170. The number of thiazole rings is 1. The molecule has 3 saturated heterocycles. The molecule has 2 aromatic rings. The van der Waals surface area contributed by atoms with Gasteiger partial charge in [0, 0.05) is 35.9 Å². The third-order valence-electron chi connectivity index (χ3n) is 5.24. The molecule has 0 spiro atoms. The van der Waals surface area contributed by atoms with Crippen LogP contribution in [-0.4, -0.2) is 46.0 Å². The number of hydrogen-bond acceptors (Lipinski definition) is 5. The van der Waals surface area contributed by atoms with Crippen molar-refractivity contribution in [1.82, 2.24) is 19.8 Å². The zero-order valence-corrected chi connectivity index (χ0v) is 15.1. The van der Waals surface area contributed by atoms with Crippen LogP contribution in [0.25, 0.3) is 5.13 Å². The molecular formula is C18H22N4O2S. The van der Waals surface area contributed by atoms with Gasteiger partial charge in [-0.2, -0.15) is 0 Å². The van der Waals surface area contributed by atoms with Gasteiger partial charge in [0.05, 0.1) is 5.56 Å². The highest BCUT2D eigenvalue weighted by atomic mass is 32.1. The van der Waals surface area contributed by atoms with E-state index in [9.17, 15) is 9.59 Å². The molecule has 2 aromatic heterocycles. The van der Waals surface area contributed by atoms with Gasteiger partial charge in [0.15, 0.2) is 5.13 Å². The molecule has 6 nitrogen and oxygen atoms in total. The largest absolute Gasteiger partial charge is 0.348 e. The van der Waals surface area contributed by atoms with E-state index in [2.05, 4.69) is 22.1 Å². The maximum absolute atomic E-state index is 12.7. The standard InChI is InChI=1S/C18H22N4O2S/c1-2-14-9-19-18(25-14)22-10-13(3-4-16(22)23)17(24)20-15-11-21-7-5-12(15)6-8-21/h3-4,9-10,12,15H,2,5-8,11H2,1H3,(H,20,24)/t15-/m1/s1. The SMILES string of the molecule is CCc1cnc(-n2cc(C(=O)N[C@@H]3CN4CCC3CC4)ccc2=O)s1. The summed E-state index contributed by atoms with van der Waals surface area (Å²) in [4.78, 5) is 32.7. The second-order valence-corrected chi connectivity index (χ2v) is 7.90. The Labute approximate surface area is 150 Å². The van der Waals surface area contributed by atoms with E-state index in [1.165, 1.54) is 22.0 Å². The lowest BCUT2D eigenvalue weighted by Gasteiger charge is -2.44. The number of hydrogen-bond donors (Lipinski definition) is 1. The first-order chi connectivity index (χ1) is 12.1. The Balaban J connectivity index is 1.55. The predicted molar refractivity (Wildman–Crippen MR) is 97.5 cm³/mol. The summed E-state index contributed by atoms with van der Waals surface area (Å²) in [6, 6.07) is 3.25. The van der Waals surface area contributed by atoms with Crippen LogP contribution in [0.15, 0.2) is 29.3 Å². The molecule has 5 rings (SSSR count). The molecule has 0 aliphatic carbocycles. The number of aromatic nitrogens is 2. The summed E-state index contributed by atoms with van der Waals surface area (Å²) >= 11 is 1.48. The molecule has 25 heavy (non-hydrogen) atoms. The third-order valence-corrected chi connectivity index (χ3v) is 6.38. The molecule has 0 saturated carbocycles. The summed E-state index contributed by atoms with van der Waals surface area (Å²) in [6.45, 7) is 5.28. The number of nitrogens with zero attached hydrogens (tertiary/aromatic N) is 3. The Morgan fingerprint density at radius 2 is 2.16 bits per heavy atom. The van der Waals surface area contributed by atoms with Gasteiger partial charge in [-0.3, -0.25) is 14.2 Å². The van der Waals surface area contributed by atoms with Gasteiger partial charge in [-0.1, -0.05) is 6.92 Å². The average Bonchev–Trinajstić information content (AvgIpc) is 3.12. The quantitative estimate of drug-likeness (QED) is 0.903. The summed E-state index contributed by atoms with van der Waals surface area (Å²) in [5.74, 6) is 0.464. The molecule has 0 unspecified atom stereocenters. The number of carbonyl (C=O) groups is 1. The first kappa shape index (κ1) is 16.5. The van der Waals surface area contributed by atoms with E-state index in [1.807, 2.05) is 0 Å². The zero-order chi connectivity index (χ0) is 17.4. The highest BCUT2D eigenvalue weighted by Crippen LogP contribution is 2.27. The Hall–Kier alpha value is -1.99. The summed E-state index contributed by atoms with van der Waals surface area (Å²) in [6.07, 6.45) is 6.59. The highest BCUT2D eigenvalue weighted by Gasteiger charge is 2.35. The lowest BCUT2D eigenvalue weighted by molar-refractivity contribution is 0.0620. The van der Waals surface area contributed by atoms with Crippen molar-refractivity contribution in [3.05, 3.63) is 45.3 Å². The predicted octanol–water partition coefficient (Wildman–Crippen LogP) is 1.68. The molecule has 7 heteroatoms. The fourth-order valence-electron chi connectivity index (χ4n) is 3.72. The van der Waals surface area contributed by atoms with Crippen LogP contribution in [0.2, 0.25) is 0 Å². The Morgan fingerprint density at radius 1 is 1.36 bits per heavy atom. The van der Waals surface area contributed by atoms with Crippen LogP contribution >= 0.6 is 11.3 Å². The van der Waals surface area contributed by atoms with Crippen molar-refractivity contribution in [3.63, 3.8) is 0 Å². The lowest BCUT2D eigenvalue weighted by atomic mass is 9.84. The second-order valence-electron chi connectivity index (χ2n) is 6.81. The number of carbonyl (C=O) groups excluding carboxylic acids is 1. The van der Waals surface area contributed by atoms with Crippen molar-refractivity contribution in [2.75, 3.05) is 19.6 Å².